The number of aliphatic hydroxyl groups is 1. The molecule has 2 fully saturated rings. The van der Waals surface area contributed by atoms with Crippen LogP contribution in [0.4, 0.5) is 0 Å². The fraction of sp³-hybridized carbons (Fsp3) is 0.727. The lowest BCUT2D eigenvalue weighted by Gasteiger charge is -2.33. The molecule has 1 aromatic carbocycles. The van der Waals surface area contributed by atoms with E-state index in [1.165, 1.54) is 21.3 Å². The minimum atomic E-state index is -3.85. The van der Waals surface area contributed by atoms with E-state index in [4.69, 9.17) is 23.3 Å². The van der Waals surface area contributed by atoms with Crippen LogP contribution in [0.25, 0.3) is 0 Å². The van der Waals surface area contributed by atoms with Crippen LogP contribution >= 0.6 is 7.60 Å². The van der Waals surface area contributed by atoms with Gasteiger partial charge in [0.1, 0.15) is 0 Å². The highest BCUT2D eigenvalue weighted by molar-refractivity contribution is 7.54. The number of benzene rings is 1. The first-order chi connectivity index (χ1) is 14.5. The van der Waals surface area contributed by atoms with E-state index in [1.807, 2.05) is 0 Å². The summed E-state index contributed by atoms with van der Waals surface area (Å²) in [5, 5.41) is 11.2. The van der Waals surface area contributed by atoms with Crippen LogP contribution in [-0.2, 0) is 13.6 Å². The number of aliphatic hydroxyl groups excluding tert-OH is 1. The average molecular weight is 442 g/mol. The van der Waals surface area contributed by atoms with Gasteiger partial charge in [0.25, 0.3) is 0 Å². The topological polar surface area (TPSA) is 83.5 Å². The first-order valence-electron chi connectivity index (χ1n) is 10.9. The Kier molecular flexibility index (Phi) is 8.46. The van der Waals surface area contributed by atoms with Crippen LogP contribution in [-0.4, -0.2) is 38.6 Å². The monoisotopic (exact) mass is 442 g/mol. The summed E-state index contributed by atoms with van der Waals surface area (Å²) in [6.45, 7) is 0. The lowest BCUT2D eigenvalue weighted by Crippen LogP contribution is -2.22. The number of rotatable bonds is 9. The summed E-state index contributed by atoms with van der Waals surface area (Å²) in [7, 11) is 0.672. The Balaban J connectivity index is 1.91. The van der Waals surface area contributed by atoms with E-state index < -0.39 is 13.4 Å². The van der Waals surface area contributed by atoms with Crippen molar-refractivity contribution in [2.75, 3.05) is 21.3 Å². The van der Waals surface area contributed by atoms with Gasteiger partial charge in [-0.3, -0.25) is 4.57 Å². The van der Waals surface area contributed by atoms with E-state index in [0.29, 0.717) is 22.8 Å². The zero-order chi connectivity index (χ0) is 21.6. The zero-order valence-corrected chi connectivity index (χ0v) is 19.2. The Bertz CT molecular complexity index is 677. The van der Waals surface area contributed by atoms with Gasteiger partial charge in [-0.25, -0.2) is 0 Å². The van der Waals surface area contributed by atoms with E-state index >= 15 is 0 Å². The smallest absolute Gasteiger partial charge is 0.363 e. The lowest BCUT2D eigenvalue weighted by molar-refractivity contribution is 0.0544. The summed E-state index contributed by atoms with van der Waals surface area (Å²) in [6.07, 6.45) is 9.46. The molecule has 2 aliphatic carbocycles. The van der Waals surface area contributed by atoms with Crippen LogP contribution in [0, 0.1) is 0 Å². The normalized spacial score (nSPS) is 20.0. The molecule has 2 saturated carbocycles. The third-order valence-corrected chi connectivity index (χ3v) is 8.06. The largest absolute Gasteiger partial charge is 0.493 e. The van der Waals surface area contributed by atoms with Gasteiger partial charge in [-0.05, 0) is 37.8 Å². The van der Waals surface area contributed by atoms with Crippen molar-refractivity contribution in [1.82, 2.24) is 0 Å². The number of methoxy groups -OCH3 is 3. The summed E-state index contributed by atoms with van der Waals surface area (Å²) in [6, 6.07) is 3.21. The van der Waals surface area contributed by atoms with Gasteiger partial charge in [0.05, 0.1) is 33.5 Å². The molecule has 1 N–H and O–H groups in total. The minimum absolute atomic E-state index is 0.162. The van der Waals surface area contributed by atoms with Gasteiger partial charge < -0.3 is 28.4 Å². The molecule has 0 bridgehead atoms. The molecule has 2 aliphatic rings. The van der Waals surface area contributed by atoms with Crippen molar-refractivity contribution in [2.24, 2.45) is 0 Å². The van der Waals surface area contributed by atoms with Gasteiger partial charge >= 0.3 is 7.60 Å². The standard InChI is InChI=1S/C22H35O7P/c1-25-19-14-16(15-20(26-2)21(19)27-3)22(23)30(24,28-17-10-6-4-7-11-17)29-18-12-8-5-9-13-18/h14-15,17-18,22-23H,4-13H2,1-3H3/t22-/m1/s1. The fourth-order valence-corrected chi connectivity index (χ4v) is 6.38. The van der Waals surface area contributed by atoms with Crippen LogP contribution in [0.2, 0.25) is 0 Å². The second kappa shape index (κ2) is 10.9. The van der Waals surface area contributed by atoms with Gasteiger partial charge in [-0.1, -0.05) is 38.5 Å². The predicted molar refractivity (Wildman–Crippen MR) is 115 cm³/mol. The summed E-state index contributed by atoms with van der Waals surface area (Å²) in [5.41, 5.74) is 0.361. The van der Waals surface area contributed by atoms with Crippen LogP contribution in [0.5, 0.6) is 17.2 Å². The van der Waals surface area contributed by atoms with Crippen molar-refractivity contribution in [1.29, 1.82) is 0 Å². The maximum absolute atomic E-state index is 14.0. The number of hydrogen-bond donors (Lipinski definition) is 1. The maximum atomic E-state index is 14.0. The number of hydrogen-bond acceptors (Lipinski definition) is 7. The molecule has 3 rings (SSSR count). The van der Waals surface area contributed by atoms with E-state index in [2.05, 4.69) is 0 Å². The van der Waals surface area contributed by atoms with Crippen LogP contribution < -0.4 is 14.2 Å². The molecule has 0 aliphatic heterocycles. The molecule has 0 saturated heterocycles. The Labute approximate surface area is 179 Å². The molecule has 0 radical (unpaired) electrons. The van der Waals surface area contributed by atoms with E-state index in [9.17, 15) is 9.67 Å². The van der Waals surface area contributed by atoms with Crippen molar-refractivity contribution >= 4 is 7.60 Å². The van der Waals surface area contributed by atoms with Crippen LogP contribution in [0.15, 0.2) is 12.1 Å². The zero-order valence-electron chi connectivity index (χ0n) is 18.3. The predicted octanol–water partition coefficient (Wildman–Crippen LogP) is 5.60. The van der Waals surface area contributed by atoms with Crippen molar-refractivity contribution in [3.63, 3.8) is 0 Å². The van der Waals surface area contributed by atoms with E-state index in [1.54, 1.807) is 12.1 Å². The van der Waals surface area contributed by atoms with E-state index in [-0.39, 0.29) is 12.2 Å². The van der Waals surface area contributed by atoms with Gasteiger partial charge in [-0.15, -0.1) is 0 Å². The quantitative estimate of drug-likeness (QED) is 0.499. The Morgan fingerprint density at radius 2 is 1.23 bits per heavy atom. The Morgan fingerprint density at radius 3 is 1.60 bits per heavy atom. The highest BCUT2D eigenvalue weighted by Crippen LogP contribution is 2.63. The van der Waals surface area contributed by atoms with E-state index in [0.717, 1.165) is 64.2 Å². The van der Waals surface area contributed by atoms with Crippen molar-refractivity contribution in [3.8, 4) is 17.2 Å². The first-order valence-corrected chi connectivity index (χ1v) is 12.6. The first kappa shape index (κ1) is 23.4. The third-order valence-electron chi connectivity index (χ3n) is 5.98. The molecule has 1 aromatic rings. The molecule has 8 heteroatoms. The molecule has 30 heavy (non-hydrogen) atoms. The second-order valence-corrected chi connectivity index (χ2v) is 10.1. The molecule has 1 atom stereocenters. The van der Waals surface area contributed by atoms with Crippen molar-refractivity contribution in [3.05, 3.63) is 17.7 Å². The maximum Gasteiger partial charge on any atom is 0.363 e. The SMILES string of the molecule is COc1cc([C@H](O)P(=O)(OC2CCCCC2)OC2CCCCC2)cc(OC)c1OC. The number of ether oxygens (including phenoxy) is 3. The summed E-state index contributed by atoms with van der Waals surface area (Å²) < 4.78 is 42.3. The molecule has 0 spiro atoms. The second-order valence-electron chi connectivity index (χ2n) is 8.10. The molecule has 0 aromatic heterocycles. The summed E-state index contributed by atoms with van der Waals surface area (Å²) >= 11 is 0. The molecule has 7 nitrogen and oxygen atoms in total. The minimum Gasteiger partial charge on any atom is -0.493 e. The highest BCUT2D eigenvalue weighted by Gasteiger charge is 2.42. The molecule has 0 unspecified atom stereocenters. The summed E-state index contributed by atoms with van der Waals surface area (Å²) in [5.74, 6) is -0.261. The van der Waals surface area contributed by atoms with Gasteiger partial charge in [-0.2, -0.15) is 0 Å². The Morgan fingerprint density at radius 1 is 0.800 bits per heavy atom. The van der Waals surface area contributed by atoms with Crippen molar-refractivity contribution in [2.45, 2.75) is 82.3 Å². The molecular weight excluding hydrogens is 407 g/mol. The van der Waals surface area contributed by atoms with Crippen molar-refractivity contribution < 1.29 is 32.9 Å². The Hall–Kier alpha value is -1.27. The third kappa shape index (κ3) is 5.50. The van der Waals surface area contributed by atoms with Crippen LogP contribution in [0.1, 0.15) is 75.6 Å². The highest BCUT2D eigenvalue weighted by atomic mass is 31.2. The average Bonchev–Trinajstić information content (AvgIpc) is 2.78. The molecule has 170 valence electrons. The van der Waals surface area contributed by atoms with Crippen LogP contribution in [0.3, 0.4) is 0 Å². The van der Waals surface area contributed by atoms with Gasteiger partial charge in [0, 0.05) is 5.56 Å². The summed E-state index contributed by atoms with van der Waals surface area (Å²) in [4.78, 5) is 0. The molecule has 0 amide bonds. The molecular formula is C22H35O7P. The molecule has 0 heterocycles. The van der Waals surface area contributed by atoms with Gasteiger partial charge in [0.15, 0.2) is 17.3 Å². The fourth-order valence-electron chi connectivity index (χ4n) is 4.33. The lowest BCUT2D eigenvalue weighted by atomic mass is 9.98. The van der Waals surface area contributed by atoms with Gasteiger partial charge in [0.2, 0.25) is 5.75 Å².